The second-order valence-electron chi connectivity index (χ2n) is 8.10. The number of hydrogen-bond donors (Lipinski definition) is 0. The van der Waals surface area contributed by atoms with Crippen LogP contribution in [0.25, 0.3) is 33.3 Å². The summed E-state index contributed by atoms with van der Waals surface area (Å²) in [5, 5.41) is 11.8. The number of nitrogens with zero attached hydrogens (tertiary/aromatic N) is 5. The maximum absolute atomic E-state index is 9.99. The Balaban J connectivity index is 1.90. The smallest absolute Gasteiger partial charge is 0.227 e. The zero-order valence-electron chi connectivity index (χ0n) is 17.6. The van der Waals surface area contributed by atoms with Gasteiger partial charge in [-0.15, -0.1) is 0 Å². The fourth-order valence-corrected chi connectivity index (χ4v) is 4.55. The predicted octanol–water partition coefficient (Wildman–Crippen LogP) is 4.26. The van der Waals surface area contributed by atoms with Crippen LogP contribution in [-0.2, 0) is 0 Å². The number of aromatic nitrogens is 2. The number of likely N-dealkylation sites (N-methyl/N-ethyl adjacent to an activating group) is 1. The maximum Gasteiger partial charge on any atom is 0.227 e. The lowest BCUT2D eigenvalue weighted by Crippen LogP contribution is -2.31. The SMILES string of the molecule is Cc1nc(-c2c(C)c(C#N)c3oc4ncccc4c3c2N2CC[C@H](N(C)C)C2)co1. The van der Waals surface area contributed by atoms with Crippen molar-refractivity contribution in [3.05, 3.63) is 41.6 Å². The molecule has 1 atom stereocenters. The Kier molecular flexibility index (Phi) is 4.26. The fourth-order valence-electron chi connectivity index (χ4n) is 4.55. The lowest BCUT2D eigenvalue weighted by atomic mass is 9.94. The molecule has 4 aromatic rings. The van der Waals surface area contributed by atoms with Crippen molar-refractivity contribution < 1.29 is 8.83 Å². The molecule has 1 aliphatic heterocycles. The molecule has 1 aliphatic rings. The number of furan rings is 1. The van der Waals surface area contributed by atoms with E-state index in [2.05, 4.69) is 39.9 Å². The van der Waals surface area contributed by atoms with Crippen LogP contribution in [0.3, 0.4) is 0 Å². The van der Waals surface area contributed by atoms with Gasteiger partial charge in [-0.3, -0.25) is 0 Å². The van der Waals surface area contributed by atoms with Gasteiger partial charge in [0, 0.05) is 37.8 Å². The molecule has 30 heavy (non-hydrogen) atoms. The first kappa shape index (κ1) is 18.6. The van der Waals surface area contributed by atoms with Gasteiger partial charge in [0.2, 0.25) is 5.71 Å². The number of pyridine rings is 1. The van der Waals surface area contributed by atoms with Gasteiger partial charge in [-0.05, 0) is 45.1 Å². The minimum atomic E-state index is 0.458. The maximum atomic E-state index is 9.99. The van der Waals surface area contributed by atoms with E-state index >= 15 is 0 Å². The first-order valence-corrected chi connectivity index (χ1v) is 10.1. The molecule has 3 aromatic heterocycles. The van der Waals surface area contributed by atoms with Crippen LogP contribution in [0.4, 0.5) is 5.69 Å². The zero-order valence-corrected chi connectivity index (χ0v) is 17.6. The largest absolute Gasteiger partial charge is 0.449 e. The lowest BCUT2D eigenvalue weighted by Gasteiger charge is -2.26. The van der Waals surface area contributed by atoms with E-state index in [1.54, 1.807) is 12.5 Å². The molecule has 0 N–H and O–H groups in total. The van der Waals surface area contributed by atoms with Crippen LogP contribution >= 0.6 is 0 Å². The first-order valence-electron chi connectivity index (χ1n) is 10.1. The summed E-state index contributed by atoms with van der Waals surface area (Å²) in [6, 6.07) is 6.72. The summed E-state index contributed by atoms with van der Waals surface area (Å²) >= 11 is 0. The van der Waals surface area contributed by atoms with Crippen LogP contribution in [0.2, 0.25) is 0 Å². The van der Waals surface area contributed by atoms with E-state index in [1.807, 2.05) is 26.0 Å². The Morgan fingerprint density at radius 1 is 1.30 bits per heavy atom. The third-order valence-electron chi connectivity index (χ3n) is 6.11. The molecule has 1 fully saturated rings. The van der Waals surface area contributed by atoms with E-state index in [1.165, 1.54) is 0 Å². The molecule has 0 radical (unpaired) electrons. The van der Waals surface area contributed by atoms with Gasteiger partial charge in [0.1, 0.15) is 18.0 Å². The number of fused-ring (bicyclic) bond motifs is 3. The van der Waals surface area contributed by atoms with Crippen molar-refractivity contribution in [3.63, 3.8) is 0 Å². The molecular formula is C23H23N5O2. The van der Waals surface area contributed by atoms with Crippen LogP contribution in [0.5, 0.6) is 0 Å². The van der Waals surface area contributed by atoms with E-state index < -0.39 is 0 Å². The van der Waals surface area contributed by atoms with Gasteiger partial charge < -0.3 is 18.6 Å². The highest BCUT2D eigenvalue weighted by molar-refractivity contribution is 6.16. The summed E-state index contributed by atoms with van der Waals surface area (Å²) in [7, 11) is 4.24. The van der Waals surface area contributed by atoms with Crippen molar-refractivity contribution in [1.29, 1.82) is 5.26 Å². The van der Waals surface area contributed by atoms with Crippen LogP contribution < -0.4 is 4.90 Å². The summed E-state index contributed by atoms with van der Waals surface area (Å²) in [6.07, 6.45) is 4.45. The number of oxazole rings is 1. The highest BCUT2D eigenvalue weighted by Crippen LogP contribution is 2.46. The van der Waals surface area contributed by atoms with Crippen LogP contribution in [0.1, 0.15) is 23.4 Å². The van der Waals surface area contributed by atoms with Gasteiger partial charge in [-0.1, -0.05) is 0 Å². The molecule has 152 valence electrons. The van der Waals surface area contributed by atoms with Crippen molar-refractivity contribution in [2.75, 3.05) is 32.1 Å². The minimum Gasteiger partial charge on any atom is -0.449 e. The number of nitriles is 1. The molecule has 0 amide bonds. The van der Waals surface area contributed by atoms with E-state index in [0.29, 0.717) is 28.8 Å². The molecule has 0 spiro atoms. The molecular weight excluding hydrogens is 378 g/mol. The van der Waals surface area contributed by atoms with Crippen molar-refractivity contribution in [2.24, 2.45) is 0 Å². The van der Waals surface area contributed by atoms with Gasteiger partial charge in [0.25, 0.3) is 0 Å². The van der Waals surface area contributed by atoms with Crippen molar-refractivity contribution in [3.8, 4) is 17.3 Å². The quantitative estimate of drug-likeness (QED) is 0.507. The normalized spacial score (nSPS) is 16.8. The summed E-state index contributed by atoms with van der Waals surface area (Å²) in [4.78, 5) is 13.7. The predicted molar refractivity (Wildman–Crippen MR) is 116 cm³/mol. The second-order valence-corrected chi connectivity index (χ2v) is 8.10. The highest BCUT2D eigenvalue weighted by Gasteiger charge is 2.32. The van der Waals surface area contributed by atoms with Crippen molar-refractivity contribution in [2.45, 2.75) is 26.3 Å². The fraction of sp³-hybridized carbons (Fsp3) is 0.348. The van der Waals surface area contributed by atoms with Crippen LogP contribution in [0.15, 0.2) is 33.4 Å². The Morgan fingerprint density at radius 3 is 2.80 bits per heavy atom. The van der Waals surface area contributed by atoms with E-state index in [9.17, 15) is 5.26 Å². The van der Waals surface area contributed by atoms with Crippen molar-refractivity contribution >= 4 is 27.8 Å². The van der Waals surface area contributed by atoms with Crippen LogP contribution in [-0.4, -0.2) is 48.1 Å². The Bertz CT molecular complexity index is 1310. The Hall–Kier alpha value is -3.37. The molecule has 0 aliphatic carbocycles. The standard InChI is InChI=1S/C23H23N5O2/c1-13-17(10-24)22-20(16-6-5-8-25-23(16)30-22)21(19(13)18-12-29-14(2)26-18)28-9-7-15(11-28)27(3)4/h5-6,8,12,15H,7,9,11H2,1-4H3/t15-/m0/s1. The number of rotatable bonds is 3. The molecule has 1 saturated heterocycles. The average molecular weight is 401 g/mol. The third-order valence-corrected chi connectivity index (χ3v) is 6.11. The molecule has 0 unspecified atom stereocenters. The number of hydrogen-bond acceptors (Lipinski definition) is 7. The van der Waals surface area contributed by atoms with Crippen molar-refractivity contribution in [1.82, 2.24) is 14.9 Å². The minimum absolute atomic E-state index is 0.458. The summed E-state index contributed by atoms with van der Waals surface area (Å²) < 4.78 is 11.7. The highest BCUT2D eigenvalue weighted by atomic mass is 16.3. The third kappa shape index (κ3) is 2.68. The molecule has 0 bridgehead atoms. The van der Waals surface area contributed by atoms with Gasteiger partial charge in [-0.25, -0.2) is 9.97 Å². The number of anilines is 1. The molecule has 7 heteroatoms. The molecule has 0 saturated carbocycles. The summed E-state index contributed by atoms with van der Waals surface area (Å²) in [5.41, 5.74) is 5.22. The monoisotopic (exact) mass is 401 g/mol. The van der Waals surface area contributed by atoms with Gasteiger partial charge in [0.15, 0.2) is 11.5 Å². The van der Waals surface area contributed by atoms with E-state index in [4.69, 9.17) is 8.83 Å². The van der Waals surface area contributed by atoms with Gasteiger partial charge in [0.05, 0.1) is 22.0 Å². The lowest BCUT2D eigenvalue weighted by molar-refractivity contribution is 0.315. The van der Waals surface area contributed by atoms with E-state index in [0.717, 1.165) is 52.8 Å². The molecule has 1 aromatic carbocycles. The number of benzene rings is 1. The first-order chi connectivity index (χ1) is 14.5. The summed E-state index contributed by atoms with van der Waals surface area (Å²) in [6.45, 7) is 5.60. The summed E-state index contributed by atoms with van der Waals surface area (Å²) in [5.74, 6) is 0.597. The molecule has 5 rings (SSSR count). The van der Waals surface area contributed by atoms with E-state index in [-0.39, 0.29) is 0 Å². The second kappa shape index (κ2) is 6.85. The van der Waals surface area contributed by atoms with Gasteiger partial charge >= 0.3 is 0 Å². The number of aryl methyl sites for hydroxylation is 1. The Morgan fingerprint density at radius 2 is 2.13 bits per heavy atom. The van der Waals surface area contributed by atoms with Gasteiger partial charge in [-0.2, -0.15) is 5.26 Å². The Labute approximate surface area is 174 Å². The molecule has 4 heterocycles. The van der Waals surface area contributed by atoms with Crippen LogP contribution in [0, 0.1) is 25.2 Å². The average Bonchev–Trinajstić information content (AvgIpc) is 3.45. The molecule has 7 nitrogen and oxygen atoms in total. The topological polar surface area (TPSA) is 82.3 Å². The zero-order chi connectivity index (χ0) is 21.0.